The monoisotopic (exact) mass is 421 g/mol. The van der Waals surface area contributed by atoms with Gasteiger partial charge in [-0.15, -0.1) is 0 Å². The van der Waals surface area contributed by atoms with E-state index >= 15 is 0 Å². The fourth-order valence-corrected chi connectivity index (χ4v) is 6.06. The number of carbonyl (C=O) groups is 1. The van der Waals surface area contributed by atoms with Gasteiger partial charge >= 0.3 is 0 Å². The first-order chi connectivity index (χ1) is 13.9. The van der Waals surface area contributed by atoms with Crippen LogP contribution >= 0.6 is 0 Å². The van der Waals surface area contributed by atoms with Crippen LogP contribution < -0.4 is 5.32 Å². The number of benzene rings is 1. The second-order valence-corrected chi connectivity index (χ2v) is 9.81. The van der Waals surface area contributed by atoms with Gasteiger partial charge in [-0.1, -0.05) is 12.1 Å². The first-order valence-electron chi connectivity index (χ1n) is 9.85. The topological polar surface area (TPSA) is 92.5 Å². The second-order valence-electron chi connectivity index (χ2n) is 7.66. The fourth-order valence-electron chi connectivity index (χ4n) is 4.11. The van der Waals surface area contributed by atoms with Crippen LogP contribution in [0.5, 0.6) is 0 Å². The predicted octanol–water partition coefficient (Wildman–Crippen LogP) is 1.79. The average molecular weight is 421 g/mol. The zero-order chi connectivity index (χ0) is 20.4. The highest BCUT2D eigenvalue weighted by atomic mass is 32.2. The standard InChI is InChI=1S/C20H24FN3O4S/c21-15-6-2-1-5-14(15)18-11-22-20(28-18)8-7-19(25)23-16-12-29(26,27)13-17(16)24-9-3-4-10-24/h1-2,5-6,11,16-17H,3-4,7-10,12-13H2,(H,23,25). The van der Waals surface area contributed by atoms with Gasteiger partial charge in [0.25, 0.3) is 0 Å². The maximum atomic E-state index is 13.8. The third-order valence-electron chi connectivity index (χ3n) is 5.54. The van der Waals surface area contributed by atoms with E-state index in [0.29, 0.717) is 17.2 Å². The number of halogens is 1. The van der Waals surface area contributed by atoms with Crippen LogP contribution in [0.4, 0.5) is 4.39 Å². The normalized spacial score (nSPS) is 24.0. The molecule has 4 rings (SSSR count). The van der Waals surface area contributed by atoms with Gasteiger partial charge in [-0.2, -0.15) is 0 Å². The number of nitrogens with one attached hydrogen (secondary N) is 1. The number of oxazole rings is 1. The number of amides is 1. The van der Waals surface area contributed by atoms with Gasteiger partial charge in [-0.05, 0) is 38.1 Å². The average Bonchev–Trinajstić information content (AvgIpc) is 3.40. The molecule has 0 radical (unpaired) electrons. The van der Waals surface area contributed by atoms with Crippen molar-refractivity contribution in [2.75, 3.05) is 24.6 Å². The highest BCUT2D eigenvalue weighted by Gasteiger charge is 2.42. The number of aryl methyl sites for hydroxylation is 1. The molecule has 0 bridgehead atoms. The number of hydrogen-bond donors (Lipinski definition) is 1. The fraction of sp³-hybridized carbons (Fsp3) is 0.500. The van der Waals surface area contributed by atoms with Crippen molar-refractivity contribution < 1.29 is 22.0 Å². The van der Waals surface area contributed by atoms with E-state index in [2.05, 4.69) is 15.2 Å². The Morgan fingerprint density at radius 3 is 2.76 bits per heavy atom. The van der Waals surface area contributed by atoms with Crippen molar-refractivity contribution in [3.63, 3.8) is 0 Å². The van der Waals surface area contributed by atoms with Gasteiger partial charge in [0.1, 0.15) is 5.82 Å². The molecule has 3 heterocycles. The third kappa shape index (κ3) is 4.67. The number of carbonyl (C=O) groups excluding carboxylic acids is 1. The number of sulfone groups is 1. The van der Waals surface area contributed by atoms with Crippen molar-refractivity contribution in [3.05, 3.63) is 42.2 Å². The molecule has 0 aliphatic carbocycles. The van der Waals surface area contributed by atoms with E-state index < -0.39 is 15.7 Å². The highest BCUT2D eigenvalue weighted by Crippen LogP contribution is 2.24. The predicted molar refractivity (Wildman–Crippen MR) is 105 cm³/mol. The van der Waals surface area contributed by atoms with E-state index in [-0.39, 0.29) is 42.3 Å². The van der Waals surface area contributed by atoms with Crippen molar-refractivity contribution in [2.24, 2.45) is 0 Å². The summed E-state index contributed by atoms with van der Waals surface area (Å²) in [5.41, 5.74) is 0.320. The molecule has 1 aromatic carbocycles. The molecule has 0 spiro atoms. The molecule has 2 unspecified atom stereocenters. The first-order valence-corrected chi connectivity index (χ1v) is 11.7. The van der Waals surface area contributed by atoms with E-state index in [0.717, 1.165) is 25.9 Å². The lowest BCUT2D eigenvalue weighted by atomic mass is 10.1. The molecule has 2 aromatic rings. The maximum Gasteiger partial charge on any atom is 0.220 e. The van der Waals surface area contributed by atoms with Gasteiger partial charge in [0.05, 0.1) is 29.3 Å². The zero-order valence-corrected chi connectivity index (χ0v) is 16.8. The summed E-state index contributed by atoms with van der Waals surface area (Å²) in [5, 5.41) is 2.89. The molecule has 29 heavy (non-hydrogen) atoms. The van der Waals surface area contributed by atoms with E-state index in [1.165, 1.54) is 12.3 Å². The zero-order valence-electron chi connectivity index (χ0n) is 16.0. The molecule has 2 fully saturated rings. The van der Waals surface area contributed by atoms with Crippen LogP contribution in [0.1, 0.15) is 25.2 Å². The lowest BCUT2D eigenvalue weighted by Gasteiger charge is -2.28. The highest BCUT2D eigenvalue weighted by molar-refractivity contribution is 7.91. The van der Waals surface area contributed by atoms with Crippen molar-refractivity contribution >= 4 is 15.7 Å². The van der Waals surface area contributed by atoms with Crippen LogP contribution in [0.15, 0.2) is 34.9 Å². The number of aromatic nitrogens is 1. The Kier molecular flexibility index (Phi) is 5.69. The Morgan fingerprint density at radius 1 is 1.24 bits per heavy atom. The van der Waals surface area contributed by atoms with Crippen LogP contribution in [0.25, 0.3) is 11.3 Å². The van der Waals surface area contributed by atoms with Crippen LogP contribution in [-0.4, -0.2) is 60.9 Å². The van der Waals surface area contributed by atoms with Crippen LogP contribution in [0, 0.1) is 5.82 Å². The Hall–Kier alpha value is -2.26. The van der Waals surface area contributed by atoms with Gasteiger partial charge in [0, 0.05) is 18.9 Å². The molecule has 2 aliphatic rings. The lowest BCUT2D eigenvalue weighted by Crippen LogP contribution is -2.50. The summed E-state index contributed by atoms with van der Waals surface area (Å²) in [6.07, 6.45) is 3.95. The number of likely N-dealkylation sites (tertiary alicyclic amines) is 1. The molecule has 0 saturated carbocycles. The van der Waals surface area contributed by atoms with Gasteiger partial charge in [0.15, 0.2) is 21.5 Å². The summed E-state index contributed by atoms with van der Waals surface area (Å²) in [4.78, 5) is 18.7. The molecule has 2 aliphatic heterocycles. The molecule has 9 heteroatoms. The summed E-state index contributed by atoms with van der Waals surface area (Å²) in [5.74, 6) is 0.105. The molecule has 1 aromatic heterocycles. The van der Waals surface area contributed by atoms with Crippen molar-refractivity contribution in [3.8, 4) is 11.3 Å². The maximum absolute atomic E-state index is 13.8. The molecule has 156 valence electrons. The molecule has 2 atom stereocenters. The van der Waals surface area contributed by atoms with Crippen LogP contribution in [-0.2, 0) is 21.1 Å². The Balaban J connectivity index is 1.35. The van der Waals surface area contributed by atoms with E-state index in [4.69, 9.17) is 4.42 Å². The summed E-state index contributed by atoms with van der Waals surface area (Å²) in [6, 6.07) is 5.72. The van der Waals surface area contributed by atoms with Gasteiger partial charge in [-0.3, -0.25) is 9.69 Å². The lowest BCUT2D eigenvalue weighted by molar-refractivity contribution is -0.122. The van der Waals surface area contributed by atoms with Gasteiger partial charge < -0.3 is 9.73 Å². The Morgan fingerprint density at radius 2 is 2.00 bits per heavy atom. The minimum Gasteiger partial charge on any atom is -0.441 e. The van der Waals surface area contributed by atoms with Gasteiger partial charge in [0.2, 0.25) is 5.91 Å². The Labute approximate surface area is 169 Å². The molecule has 1 amide bonds. The largest absolute Gasteiger partial charge is 0.441 e. The quantitative estimate of drug-likeness (QED) is 0.765. The number of nitrogens with zero attached hydrogens (tertiary/aromatic N) is 2. The first kappa shape index (κ1) is 20.0. The number of rotatable bonds is 6. The van der Waals surface area contributed by atoms with E-state index in [1.54, 1.807) is 18.2 Å². The van der Waals surface area contributed by atoms with E-state index in [9.17, 15) is 17.6 Å². The number of hydrogen-bond acceptors (Lipinski definition) is 6. The molecule has 2 saturated heterocycles. The van der Waals surface area contributed by atoms with Crippen molar-refractivity contribution in [1.29, 1.82) is 0 Å². The summed E-state index contributed by atoms with van der Waals surface area (Å²) in [6.45, 7) is 1.75. The summed E-state index contributed by atoms with van der Waals surface area (Å²) >= 11 is 0. The van der Waals surface area contributed by atoms with Crippen LogP contribution in [0.2, 0.25) is 0 Å². The third-order valence-corrected chi connectivity index (χ3v) is 7.25. The van der Waals surface area contributed by atoms with Crippen LogP contribution in [0.3, 0.4) is 0 Å². The van der Waals surface area contributed by atoms with Gasteiger partial charge in [-0.25, -0.2) is 17.8 Å². The van der Waals surface area contributed by atoms with Crippen molar-refractivity contribution in [2.45, 2.75) is 37.8 Å². The van der Waals surface area contributed by atoms with Crippen molar-refractivity contribution in [1.82, 2.24) is 15.2 Å². The molecule has 1 N–H and O–H groups in total. The molecular weight excluding hydrogens is 397 g/mol. The summed E-state index contributed by atoms with van der Waals surface area (Å²) < 4.78 is 43.6. The van der Waals surface area contributed by atoms with E-state index in [1.807, 2.05) is 0 Å². The molecule has 7 nitrogen and oxygen atoms in total. The minimum absolute atomic E-state index is 0.0175. The minimum atomic E-state index is -3.15. The SMILES string of the molecule is O=C(CCc1ncc(-c2ccccc2F)o1)NC1CS(=O)(=O)CC1N1CCCC1. The smallest absolute Gasteiger partial charge is 0.220 e. The second kappa shape index (κ2) is 8.23. The molecular formula is C20H24FN3O4S. The summed E-state index contributed by atoms with van der Waals surface area (Å²) in [7, 11) is -3.15. The Bertz CT molecular complexity index is 985.